The number of hydrogen-bond acceptors (Lipinski definition) is 1. The van der Waals surface area contributed by atoms with Gasteiger partial charge in [0.2, 0.25) is 5.91 Å². The fraction of sp³-hybridized carbons (Fsp3) is 0.400. The molecule has 0 heterocycles. The first kappa shape index (κ1) is 7.14. The third-order valence-corrected chi connectivity index (χ3v) is 0.886. The van der Waals surface area contributed by atoms with Crippen LogP contribution in [0.3, 0.4) is 0 Å². The maximum atomic E-state index is 11.9. The Morgan fingerprint density at radius 1 is 1.50 bits per heavy atom. The first-order chi connectivity index (χ1) is 3.55. The second-order valence-electron chi connectivity index (χ2n) is 1.52. The minimum Gasteiger partial charge on any atom is -0.366 e. The van der Waals surface area contributed by atoms with Gasteiger partial charge in [0, 0.05) is 5.57 Å². The number of carbonyl (C=O) groups excluding carboxylic acids is 1. The van der Waals surface area contributed by atoms with Crippen LogP contribution in [0.25, 0.3) is 0 Å². The predicted octanol–water partition coefficient (Wildman–Crippen LogP) is 0.735. The van der Waals surface area contributed by atoms with E-state index in [1.54, 1.807) is 0 Å². The van der Waals surface area contributed by atoms with Crippen LogP contribution in [0, 0.1) is 0 Å². The summed E-state index contributed by atoms with van der Waals surface area (Å²) in [5.41, 5.74) is 4.69. The molecule has 0 atom stereocenters. The summed E-state index contributed by atoms with van der Waals surface area (Å²) in [5.74, 6) is -1.22. The van der Waals surface area contributed by atoms with E-state index >= 15 is 0 Å². The first-order valence-electron chi connectivity index (χ1n) is 2.18. The van der Waals surface area contributed by atoms with Crippen molar-refractivity contribution >= 4 is 5.91 Å². The van der Waals surface area contributed by atoms with Crippen molar-refractivity contribution in [1.82, 2.24) is 0 Å². The van der Waals surface area contributed by atoms with Crippen LogP contribution in [0.4, 0.5) is 4.39 Å². The molecular formula is C5H8FNO. The molecule has 2 N–H and O–H groups in total. The Kier molecular flexibility index (Phi) is 2.19. The molecular weight excluding hydrogens is 109 g/mol. The van der Waals surface area contributed by atoms with E-state index < -0.39 is 11.7 Å². The zero-order valence-corrected chi connectivity index (χ0v) is 4.86. The topological polar surface area (TPSA) is 43.1 Å². The van der Waals surface area contributed by atoms with E-state index in [9.17, 15) is 9.18 Å². The molecule has 0 aromatic rings. The zero-order chi connectivity index (χ0) is 6.73. The summed E-state index contributed by atoms with van der Waals surface area (Å²) in [6, 6.07) is 0. The molecule has 0 rings (SSSR count). The molecule has 46 valence electrons. The lowest BCUT2D eigenvalue weighted by Crippen LogP contribution is -2.12. The van der Waals surface area contributed by atoms with Crippen LogP contribution in [0.15, 0.2) is 11.4 Å². The van der Waals surface area contributed by atoms with Gasteiger partial charge in [-0.3, -0.25) is 4.79 Å². The summed E-state index contributed by atoms with van der Waals surface area (Å²) in [6.07, 6.45) is 0. The monoisotopic (exact) mass is 117 g/mol. The van der Waals surface area contributed by atoms with Crippen LogP contribution in [-0.4, -0.2) is 5.91 Å². The van der Waals surface area contributed by atoms with E-state index in [2.05, 4.69) is 0 Å². The standard InChI is InChI=1S/C5H8FNO/c1-3(4(2)6)5(7)8/h1-2H3,(H2,7,8). The van der Waals surface area contributed by atoms with Gasteiger partial charge >= 0.3 is 0 Å². The van der Waals surface area contributed by atoms with E-state index in [4.69, 9.17) is 5.73 Å². The van der Waals surface area contributed by atoms with Gasteiger partial charge in [-0.25, -0.2) is 4.39 Å². The van der Waals surface area contributed by atoms with E-state index in [1.807, 2.05) is 0 Å². The van der Waals surface area contributed by atoms with Gasteiger partial charge in [0.05, 0.1) is 0 Å². The predicted molar refractivity (Wildman–Crippen MR) is 28.7 cm³/mol. The van der Waals surface area contributed by atoms with E-state index in [0.717, 1.165) is 0 Å². The van der Waals surface area contributed by atoms with Gasteiger partial charge in [-0.05, 0) is 13.8 Å². The van der Waals surface area contributed by atoms with Gasteiger partial charge in [-0.2, -0.15) is 0 Å². The van der Waals surface area contributed by atoms with Gasteiger partial charge in [0.1, 0.15) is 5.83 Å². The van der Waals surface area contributed by atoms with Crippen LogP contribution in [-0.2, 0) is 4.79 Å². The molecule has 0 aliphatic carbocycles. The van der Waals surface area contributed by atoms with Gasteiger partial charge < -0.3 is 5.73 Å². The molecule has 0 saturated carbocycles. The lowest BCUT2D eigenvalue weighted by molar-refractivity contribution is -0.114. The van der Waals surface area contributed by atoms with Crippen LogP contribution in [0.2, 0.25) is 0 Å². The number of rotatable bonds is 1. The van der Waals surface area contributed by atoms with Crippen LogP contribution < -0.4 is 5.73 Å². The number of primary amides is 1. The minimum atomic E-state index is -0.704. The van der Waals surface area contributed by atoms with E-state index in [1.165, 1.54) is 13.8 Å². The Hall–Kier alpha value is -0.860. The second-order valence-corrected chi connectivity index (χ2v) is 1.52. The molecule has 0 aliphatic rings. The molecule has 2 nitrogen and oxygen atoms in total. The van der Waals surface area contributed by atoms with Crippen molar-refractivity contribution in [2.75, 3.05) is 0 Å². The maximum absolute atomic E-state index is 11.9. The number of amides is 1. The summed E-state index contributed by atoms with van der Waals surface area (Å²) < 4.78 is 11.9. The van der Waals surface area contributed by atoms with Gasteiger partial charge in [0.25, 0.3) is 0 Å². The number of nitrogens with two attached hydrogens (primary N) is 1. The minimum absolute atomic E-state index is 0.00926. The molecule has 0 radical (unpaired) electrons. The number of hydrogen-bond donors (Lipinski definition) is 1. The summed E-state index contributed by atoms with van der Waals surface area (Å²) >= 11 is 0. The smallest absolute Gasteiger partial charge is 0.246 e. The average molecular weight is 117 g/mol. The Bertz CT molecular complexity index is 135. The highest BCUT2D eigenvalue weighted by molar-refractivity contribution is 5.91. The lowest BCUT2D eigenvalue weighted by atomic mass is 10.3. The van der Waals surface area contributed by atoms with Crippen molar-refractivity contribution in [3.8, 4) is 0 Å². The van der Waals surface area contributed by atoms with E-state index in [-0.39, 0.29) is 5.57 Å². The Morgan fingerprint density at radius 3 is 1.88 bits per heavy atom. The van der Waals surface area contributed by atoms with Crippen LogP contribution in [0.1, 0.15) is 13.8 Å². The van der Waals surface area contributed by atoms with Gasteiger partial charge in [-0.1, -0.05) is 0 Å². The quantitative estimate of drug-likeness (QED) is 0.505. The Morgan fingerprint density at radius 2 is 1.88 bits per heavy atom. The maximum Gasteiger partial charge on any atom is 0.246 e. The van der Waals surface area contributed by atoms with Crippen molar-refractivity contribution in [1.29, 1.82) is 0 Å². The summed E-state index contributed by atoms with van der Waals surface area (Å²) in [7, 11) is 0. The van der Waals surface area contributed by atoms with Crippen molar-refractivity contribution in [2.24, 2.45) is 5.73 Å². The molecule has 0 saturated heterocycles. The van der Waals surface area contributed by atoms with Gasteiger partial charge in [0.15, 0.2) is 0 Å². The first-order valence-corrected chi connectivity index (χ1v) is 2.18. The highest BCUT2D eigenvalue weighted by Gasteiger charge is 1.99. The fourth-order valence-electron chi connectivity index (χ4n) is 0.170. The molecule has 8 heavy (non-hydrogen) atoms. The summed E-state index contributed by atoms with van der Waals surface area (Å²) in [6.45, 7) is 2.54. The zero-order valence-electron chi connectivity index (χ0n) is 4.86. The number of allylic oxidation sites excluding steroid dienone is 1. The molecule has 0 bridgehead atoms. The van der Waals surface area contributed by atoms with E-state index in [0.29, 0.717) is 0 Å². The lowest BCUT2D eigenvalue weighted by Gasteiger charge is -1.90. The third-order valence-electron chi connectivity index (χ3n) is 0.886. The molecule has 0 fully saturated rings. The largest absolute Gasteiger partial charge is 0.366 e. The third kappa shape index (κ3) is 1.73. The normalized spacial score (nSPS) is 12.9. The van der Waals surface area contributed by atoms with Crippen LogP contribution in [0.5, 0.6) is 0 Å². The molecule has 0 aromatic heterocycles. The molecule has 1 amide bonds. The summed E-state index contributed by atoms with van der Waals surface area (Å²) in [5, 5.41) is 0. The highest BCUT2D eigenvalue weighted by atomic mass is 19.1. The highest BCUT2D eigenvalue weighted by Crippen LogP contribution is 2.01. The fourth-order valence-corrected chi connectivity index (χ4v) is 0.170. The number of carbonyl (C=O) groups is 1. The SMILES string of the molecule is CC(F)=C(C)C(N)=O. The van der Waals surface area contributed by atoms with Crippen molar-refractivity contribution in [3.63, 3.8) is 0 Å². The van der Waals surface area contributed by atoms with Crippen LogP contribution >= 0.6 is 0 Å². The van der Waals surface area contributed by atoms with Crippen molar-refractivity contribution < 1.29 is 9.18 Å². The Balaban J connectivity index is 4.23. The average Bonchev–Trinajstić information content (AvgIpc) is 1.64. The molecule has 0 aromatic carbocycles. The number of halogens is 1. The van der Waals surface area contributed by atoms with Crippen molar-refractivity contribution in [2.45, 2.75) is 13.8 Å². The second kappa shape index (κ2) is 2.45. The Labute approximate surface area is 47.2 Å². The molecule has 0 spiro atoms. The van der Waals surface area contributed by atoms with Crippen molar-refractivity contribution in [3.05, 3.63) is 11.4 Å². The molecule has 0 aliphatic heterocycles. The molecule has 3 heteroatoms. The summed E-state index contributed by atoms with van der Waals surface area (Å²) in [4.78, 5) is 10.1. The molecule has 0 unspecified atom stereocenters. The van der Waals surface area contributed by atoms with Gasteiger partial charge in [-0.15, -0.1) is 0 Å².